The van der Waals surface area contributed by atoms with E-state index in [9.17, 15) is 0 Å². The maximum Gasteiger partial charge on any atom is 0.233 e. The second-order valence-corrected chi connectivity index (χ2v) is 8.83. The molecule has 0 saturated carbocycles. The quantitative estimate of drug-likeness (QED) is 0.501. The Morgan fingerprint density at radius 3 is 2.56 bits per heavy atom. The molecule has 5 rings (SSSR count). The lowest BCUT2D eigenvalue weighted by Gasteiger charge is -2.32. The van der Waals surface area contributed by atoms with E-state index in [2.05, 4.69) is 26.8 Å². The number of benzene rings is 2. The fourth-order valence-electron chi connectivity index (χ4n) is 4.29. The molecule has 180 valence electrons. The second-order valence-electron chi connectivity index (χ2n) is 8.83. The van der Waals surface area contributed by atoms with E-state index in [-0.39, 0.29) is 6.10 Å². The van der Waals surface area contributed by atoms with E-state index in [1.165, 1.54) is 6.33 Å². The van der Waals surface area contributed by atoms with Crippen molar-refractivity contribution < 1.29 is 18.9 Å². The Kier molecular flexibility index (Phi) is 7.38. The van der Waals surface area contributed by atoms with E-state index in [1.54, 1.807) is 0 Å². The Labute approximate surface area is 200 Å². The van der Waals surface area contributed by atoms with Gasteiger partial charge in [0.05, 0.1) is 18.7 Å². The zero-order valence-electron chi connectivity index (χ0n) is 19.7. The monoisotopic (exact) mass is 464 g/mol. The summed E-state index contributed by atoms with van der Waals surface area (Å²) >= 11 is 0. The standard InChI is InChI=1S/C26H32N4O4/c1-29-9-11-30(12-10-29)13-16-32-22-17-23-25(24(18-22)33-21-7-14-31-15-8-21)26(28-19-27-23)34-20-5-3-2-4-6-20/h2-6,17-19,21H,7-16H2,1H3. The zero-order chi connectivity index (χ0) is 23.2. The summed E-state index contributed by atoms with van der Waals surface area (Å²) in [6.07, 6.45) is 3.28. The maximum atomic E-state index is 6.46. The number of hydrogen-bond donors (Lipinski definition) is 0. The number of likely N-dealkylation sites (N-methyl/N-ethyl adjacent to an activating group) is 1. The van der Waals surface area contributed by atoms with Crippen LogP contribution in [0.4, 0.5) is 0 Å². The molecule has 3 heterocycles. The SMILES string of the molecule is CN1CCN(CCOc2cc(OC3CCOCC3)c3c(Oc4ccccc4)ncnc3c2)CC1. The van der Waals surface area contributed by atoms with Crippen molar-refractivity contribution in [2.75, 3.05) is 59.6 Å². The molecule has 2 fully saturated rings. The summed E-state index contributed by atoms with van der Waals surface area (Å²) in [4.78, 5) is 13.7. The molecule has 3 aromatic rings. The van der Waals surface area contributed by atoms with Gasteiger partial charge in [0, 0.05) is 57.7 Å². The largest absolute Gasteiger partial charge is 0.492 e. The molecular weight excluding hydrogens is 432 g/mol. The maximum absolute atomic E-state index is 6.46. The normalized spacial score (nSPS) is 18.1. The first-order valence-corrected chi connectivity index (χ1v) is 12.0. The lowest BCUT2D eigenvalue weighted by molar-refractivity contribution is 0.0260. The van der Waals surface area contributed by atoms with Crippen molar-refractivity contribution in [1.82, 2.24) is 19.8 Å². The Balaban J connectivity index is 1.38. The number of aromatic nitrogens is 2. The first kappa shape index (κ1) is 22.8. The fraction of sp³-hybridized carbons (Fsp3) is 0.462. The molecule has 1 aromatic heterocycles. The summed E-state index contributed by atoms with van der Waals surface area (Å²) in [6.45, 7) is 7.26. The van der Waals surface area contributed by atoms with E-state index in [0.29, 0.717) is 37.2 Å². The van der Waals surface area contributed by atoms with Crippen LogP contribution in [0.1, 0.15) is 12.8 Å². The van der Waals surface area contributed by atoms with Crippen LogP contribution in [-0.2, 0) is 4.74 Å². The van der Waals surface area contributed by atoms with Crippen LogP contribution < -0.4 is 14.2 Å². The smallest absolute Gasteiger partial charge is 0.233 e. The molecule has 8 heteroatoms. The summed E-state index contributed by atoms with van der Waals surface area (Å²) in [5.41, 5.74) is 0.736. The topological polar surface area (TPSA) is 69.2 Å². The number of fused-ring (bicyclic) bond motifs is 1. The molecule has 2 saturated heterocycles. The van der Waals surface area contributed by atoms with Gasteiger partial charge in [-0.2, -0.15) is 0 Å². The van der Waals surface area contributed by atoms with Gasteiger partial charge in [0.1, 0.15) is 41.7 Å². The van der Waals surface area contributed by atoms with Crippen molar-refractivity contribution in [1.29, 1.82) is 0 Å². The Morgan fingerprint density at radius 1 is 0.971 bits per heavy atom. The minimum atomic E-state index is 0.0716. The van der Waals surface area contributed by atoms with E-state index < -0.39 is 0 Å². The van der Waals surface area contributed by atoms with Crippen LogP contribution >= 0.6 is 0 Å². The highest BCUT2D eigenvalue weighted by Gasteiger charge is 2.21. The highest BCUT2D eigenvalue weighted by atomic mass is 16.5. The van der Waals surface area contributed by atoms with Gasteiger partial charge in [-0.25, -0.2) is 9.97 Å². The van der Waals surface area contributed by atoms with E-state index in [1.807, 2.05) is 42.5 Å². The summed E-state index contributed by atoms with van der Waals surface area (Å²) in [7, 11) is 2.17. The molecule has 0 atom stereocenters. The molecule has 2 aliphatic heterocycles. The number of rotatable bonds is 8. The number of hydrogen-bond acceptors (Lipinski definition) is 8. The second kappa shape index (κ2) is 11.0. The number of ether oxygens (including phenoxy) is 4. The van der Waals surface area contributed by atoms with Crippen LogP contribution in [0.2, 0.25) is 0 Å². The fourth-order valence-corrected chi connectivity index (χ4v) is 4.29. The summed E-state index contributed by atoms with van der Waals surface area (Å²) in [6, 6.07) is 13.5. The van der Waals surface area contributed by atoms with Crippen LogP contribution in [0.3, 0.4) is 0 Å². The molecule has 0 amide bonds. The van der Waals surface area contributed by atoms with Crippen molar-refractivity contribution in [3.63, 3.8) is 0 Å². The third-order valence-corrected chi connectivity index (χ3v) is 6.33. The predicted molar refractivity (Wildman–Crippen MR) is 130 cm³/mol. The number of nitrogens with zero attached hydrogens (tertiary/aromatic N) is 4. The molecule has 0 radical (unpaired) electrons. The molecule has 8 nitrogen and oxygen atoms in total. The minimum absolute atomic E-state index is 0.0716. The predicted octanol–water partition coefficient (Wildman–Crippen LogP) is 3.61. The van der Waals surface area contributed by atoms with Crippen LogP contribution in [0, 0.1) is 0 Å². The average Bonchev–Trinajstić information content (AvgIpc) is 2.86. The van der Waals surface area contributed by atoms with E-state index >= 15 is 0 Å². The highest BCUT2D eigenvalue weighted by Crippen LogP contribution is 2.38. The first-order valence-electron chi connectivity index (χ1n) is 12.0. The van der Waals surface area contributed by atoms with Gasteiger partial charge in [-0.15, -0.1) is 0 Å². The third kappa shape index (κ3) is 5.75. The molecule has 0 bridgehead atoms. The van der Waals surface area contributed by atoms with Gasteiger partial charge in [-0.05, 0) is 19.2 Å². The zero-order valence-corrected chi connectivity index (χ0v) is 19.7. The molecular formula is C26H32N4O4. The van der Waals surface area contributed by atoms with E-state index in [0.717, 1.165) is 62.2 Å². The van der Waals surface area contributed by atoms with Crippen molar-refractivity contribution in [2.24, 2.45) is 0 Å². The lowest BCUT2D eigenvalue weighted by atomic mass is 10.1. The van der Waals surface area contributed by atoms with Crippen LogP contribution in [0.5, 0.6) is 23.1 Å². The van der Waals surface area contributed by atoms with Crippen LogP contribution in [0.25, 0.3) is 10.9 Å². The van der Waals surface area contributed by atoms with Crippen molar-refractivity contribution in [3.05, 3.63) is 48.8 Å². The highest BCUT2D eigenvalue weighted by molar-refractivity contribution is 5.91. The Morgan fingerprint density at radius 2 is 1.76 bits per heavy atom. The average molecular weight is 465 g/mol. The minimum Gasteiger partial charge on any atom is -0.492 e. The van der Waals surface area contributed by atoms with Gasteiger partial charge in [-0.1, -0.05) is 18.2 Å². The summed E-state index contributed by atoms with van der Waals surface area (Å²) in [5, 5.41) is 0.754. The van der Waals surface area contributed by atoms with Crippen molar-refractivity contribution in [3.8, 4) is 23.1 Å². The summed E-state index contributed by atoms with van der Waals surface area (Å²) in [5.74, 6) is 2.62. The number of piperazine rings is 1. The summed E-state index contributed by atoms with van der Waals surface area (Å²) < 4.78 is 24.3. The molecule has 0 spiro atoms. The van der Waals surface area contributed by atoms with Crippen molar-refractivity contribution >= 4 is 10.9 Å². The van der Waals surface area contributed by atoms with Gasteiger partial charge < -0.3 is 23.8 Å². The van der Waals surface area contributed by atoms with E-state index in [4.69, 9.17) is 18.9 Å². The Bertz CT molecular complexity index is 1070. The van der Waals surface area contributed by atoms with Gasteiger partial charge >= 0.3 is 0 Å². The molecule has 2 aromatic carbocycles. The van der Waals surface area contributed by atoms with Crippen LogP contribution in [0.15, 0.2) is 48.8 Å². The van der Waals surface area contributed by atoms with Gasteiger partial charge in [0.2, 0.25) is 5.88 Å². The lowest BCUT2D eigenvalue weighted by Crippen LogP contribution is -2.45. The molecule has 0 N–H and O–H groups in total. The number of para-hydroxylation sites is 1. The van der Waals surface area contributed by atoms with Crippen LogP contribution in [-0.4, -0.2) is 85.5 Å². The van der Waals surface area contributed by atoms with Gasteiger partial charge in [0.15, 0.2) is 0 Å². The third-order valence-electron chi connectivity index (χ3n) is 6.33. The van der Waals surface area contributed by atoms with Gasteiger partial charge in [-0.3, -0.25) is 4.90 Å². The van der Waals surface area contributed by atoms with Crippen molar-refractivity contribution in [2.45, 2.75) is 18.9 Å². The molecule has 0 aliphatic carbocycles. The molecule has 0 unspecified atom stereocenters. The molecule has 2 aliphatic rings. The first-order chi connectivity index (χ1) is 16.7. The Hall–Kier alpha value is -2.94. The van der Waals surface area contributed by atoms with Gasteiger partial charge in [0.25, 0.3) is 0 Å². The molecule has 34 heavy (non-hydrogen) atoms.